The molecule has 2 aromatic carbocycles. The zero-order valence-electron chi connectivity index (χ0n) is 9.75. The van der Waals surface area contributed by atoms with Gasteiger partial charge in [0, 0.05) is 0 Å². The minimum absolute atomic E-state index is 0.310. The molecule has 3 aromatic rings. The molecular weight excluding hydrogens is 263 g/mol. The number of nitrogens with zero attached hydrogens (tertiary/aromatic N) is 3. The van der Waals surface area contributed by atoms with Crippen LogP contribution in [0.25, 0.3) is 10.2 Å². The van der Waals surface area contributed by atoms with Crippen molar-refractivity contribution in [2.24, 2.45) is 5.10 Å². The van der Waals surface area contributed by atoms with Gasteiger partial charge in [0.2, 0.25) is 4.80 Å². The minimum atomic E-state index is -0.356. The van der Waals surface area contributed by atoms with Crippen LogP contribution in [-0.4, -0.2) is 10.2 Å². The molecular formula is C13H9FN4S. The zero-order valence-corrected chi connectivity index (χ0v) is 10.6. The molecule has 1 aromatic heterocycles. The summed E-state index contributed by atoms with van der Waals surface area (Å²) >= 11 is 1.39. The number of aromatic nitrogens is 2. The lowest BCUT2D eigenvalue weighted by atomic mass is 10.3. The Kier molecular flexibility index (Phi) is 3.16. The molecule has 0 unspecified atom stereocenters. The van der Waals surface area contributed by atoms with Crippen molar-refractivity contribution < 1.29 is 4.39 Å². The molecule has 6 heteroatoms. The summed E-state index contributed by atoms with van der Waals surface area (Å²) in [5.41, 5.74) is 3.78. The normalized spacial score (nSPS) is 11.7. The van der Waals surface area contributed by atoms with Gasteiger partial charge in [0.25, 0.3) is 0 Å². The first kappa shape index (κ1) is 11.7. The van der Waals surface area contributed by atoms with Crippen LogP contribution in [0.5, 0.6) is 0 Å². The topological polar surface area (TPSA) is 50.2 Å². The SMILES string of the molecule is Fc1ccccc1N/N=c1\nnc2ccccc2s1. The molecule has 0 saturated carbocycles. The molecule has 0 aliphatic carbocycles. The minimum Gasteiger partial charge on any atom is -0.273 e. The highest BCUT2D eigenvalue weighted by atomic mass is 32.1. The van der Waals surface area contributed by atoms with Gasteiger partial charge in [-0.05, 0) is 24.3 Å². The van der Waals surface area contributed by atoms with Crippen LogP contribution in [0.2, 0.25) is 0 Å². The highest BCUT2D eigenvalue weighted by molar-refractivity contribution is 7.15. The van der Waals surface area contributed by atoms with Gasteiger partial charge in [-0.1, -0.05) is 35.6 Å². The third-order valence-electron chi connectivity index (χ3n) is 2.46. The van der Waals surface area contributed by atoms with E-state index in [-0.39, 0.29) is 5.82 Å². The Balaban J connectivity index is 1.96. The van der Waals surface area contributed by atoms with E-state index in [2.05, 4.69) is 20.7 Å². The number of anilines is 1. The summed E-state index contributed by atoms with van der Waals surface area (Å²) < 4.78 is 14.4. The lowest BCUT2D eigenvalue weighted by Crippen LogP contribution is -2.08. The van der Waals surface area contributed by atoms with E-state index in [1.54, 1.807) is 18.2 Å². The molecule has 0 radical (unpaired) electrons. The summed E-state index contributed by atoms with van der Waals surface area (Å²) in [5, 5.41) is 12.1. The van der Waals surface area contributed by atoms with Crippen molar-refractivity contribution in [2.45, 2.75) is 0 Å². The maximum absolute atomic E-state index is 13.4. The first-order valence-electron chi connectivity index (χ1n) is 5.60. The molecule has 0 spiro atoms. The summed E-state index contributed by atoms with van der Waals surface area (Å²) in [7, 11) is 0. The van der Waals surface area contributed by atoms with Crippen LogP contribution in [0.1, 0.15) is 0 Å². The molecule has 94 valence electrons. The Labute approximate surface area is 112 Å². The second kappa shape index (κ2) is 5.11. The fourth-order valence-electron chi connectivity index (χ4n) is 1.55. The summed E-state index contributed by atoms with van der Waals surface area (Å²) in [6, 6.07) is 14.0. The molecule has 0 saturated heterocycles. The van der Waals surface area contributed by atoms with Crippen molar-refractivity contribution in [3.8, 4) is 0 Å². The second-order valence-corrected chi connectivity index (χ2v) is 4.76. The molecule has 0 amide bonds. The number of halogens is 1. The first-order chi connectivity index (χ1) is 9.33. The summed E-state index contributed by atoms with van der Waals surface area (Å²) in [6.45, 7) is 0. The van der Waals surface area contributed by atoms with E-state index in [4.69, 9.17) is 0 Å². The fraction of sp³-hybridized carbons (Fsp3) is 0. The van der Waals surface area contributed by atoms with Crippen molar-refractivity contribution in [2.75, 3.05) is 5.43 Å². The van der Waals surface area contributed by atoms with E-state index in [1.165, 1.54) is 17.4 Å². The monoisotopic (exact) mass is 272 g/mol. The number of hydrogen-bond acceptors (Lipinski definition) is 5. The van der Waals surface area contributed by atoms with Crippen molar-refractivity contribution in [3.05, 3.63) is 59.1 Å². The molecule has 4 nitrogen and oxygen atoms in total. The quantitative estimate of drug-likeness (QED) is 0.730. The van der Waals surface area contributed by atoms with Crippen LogP contribution in [-0.2, 0) is 0 Å². The molecule has 19 heavy (non-hydrogen) atoms. The molecule has 0 atom stereocenters. The van der Waals surface area contributed by atoms with E-state index in [1.807, 2.05) is 24.3 Å². The van der Waals surface area contributed by atoms with Gasteiger partial charge in [-0.3, -0.25) is 5.43 Å². The summed E-state index contributed by atoms with van der Waals surface area (Å²) in [4.78, 5) is 0.446. The maximum atomic E-state index is 13.4. The Morgan fingerprint density at radius 2 is 1.79 bits per heavy atom. The van der Waals surface area contributed by atoms with E-state index in [0.29, 0.717) is 10.5 Å². The average Bonchev–Trinajstić information content (AvgIpc) is 2.46. The number of benzene rings is 2. The van der Waals surface area contributed by atoms with Crippen LogP contribution in [0.15, 0.2) is 53.6 Å². The van der Waals surface area contributed by atoms with E-state index in [9.17, 15) is 4.39 Å². The zero-order chi connectivity index (χ0) is 13.1. The van der Waals surface area contributed by atoms with Gasteiger partial charge in [-0.15, -0.1) is 15.3 Å². The number of nitrogens with one attached hydrogen (secondary N) is 1. The third-order valence-corrected chi connectivity index (χ3v) is 3.38. The molecule has 0 aliphatic heterocycles. The smallest absolute Gasteiger partial charge is 0.248 e. The van der Waals surface area contributed by atoms with E-state index in [0.717, 1.165) is 10.2 Å². The van der Waals surface area contributed by atoms with Crippen LogP contribution in [0.4, 0.5) is 10.1 Å². The Morgan fingerprint density at radius 1 is 1.00 bits per heavy atom. The number of hydrogen-bond donors (Lipinski definition) is 1. The summed E-state index contributed by atoms with van der Waals surface area (Å²) in [6.07, 6.45) is 0. The maximum Gasteiger partial charge on any atom is 0.248 e. The number of fused-ring (bicyclic) bond motifs is 1. The largest absolute Gasteiger partial charge is 0.273 e. The van der Waals surface area contributed by atoms with Crippen LogP contribution in [0.3, 0.4) is 0 Å². The molecule has 0 fully saturated rings. The second-order valence-electron chi connectivity index (χ2n) is 3.76. The predicted molar refractivity (Wildman–Crippen MR) is 73.0 cm³/mol. The lowest BCUT2D eigenvalue weighted by Gasteiger charge is -2.00. The fourth-order valence-corrected chi connectivity index (χ4v) is 2.28. The molecule has 1 heterocycles. The van der Waals surface area contributed by atoms with Gasteiger partial charge < -0.3 is 0 Å². The van der Waals surface area contributed by atoms with E-state index < -0.39 is 0 Å². The van der Waals surface area contributed by atoms with Crippen LogP contribution < -0.4 is 10.2 Å². The van der Waals surface area contributed by atoms with Gasteiger partial charge >= 0.3 is 0 Å². The summed E-state index contributed by atoms with van der Waals surface area (Å²) in [5.74, 6) is -0.356. The molecule has 3 rings (SSSR count). The van der Waals surface area contributed by atoms with Gasteiger partial charge in [0.15, 0.2) is 0 Å². The standard InChI is InChI=1S/C13H9FN4S/c14-9-5-1-2-6-10(9)15-17-13-18-16-11-7-3-4-8-12(11)19-13/h1-8,15H/b17-13+. The highest BCUT2D eigenvalue weighted by Gasteiger charge is 1.98. The number of para-hydroxylation sites is 1. The Bertz CT molecular complexity index is 784. The Hall–Kier alpha value is -2.34. The average molecular weight is 272 g/mol. The van der Waals surface area contributed by atoms with Crippen molar-refractivity contribution >= 4 is 27.2 Å². The Morgan fingerprint density at radius 3 is 2.68 bits per heavy atom. The van der Waals surface area contributed by atoms with Crippen LogP contribution >= 0.6 is 11.3 Å². The highest BCUT2D eigenvalue weighted by Crippen LogP contribution is 2.13. The molecule has 0 aliphatic rings. The van der Waals surface area contributed by atoms with Gasteiger partial charge in [-0.25, -0.2) is 4.39 Å². The van der Waals surface area contributed by atoms with Crippen molar-refractivity contribution in [1.82, 2.24) is 10.2 Å². The van der Waals surface area contributed by atoms with Crippen molar-refractivity contribution in [3.63, 3.8) is 0 Å². The third kappa shape index (κ3) is 2.58. The van der Waals surface area contributed by atoms with Crippen molar-refractivity contribution in [1.29, 1.82) is 0 Å². The predicted octanol–water partition coefficient (Wildman–Crippen LogP) is 2.76. The first-order valence-corrected chi connectivity index (χ1v) is 6.41. The number of rotatable bonds is 2. The molecule has 0 bridgehead atoms. The van der Waals surface area contributed by atoms with E-state index >= 15 is 0 Å². The van der Waals surface area contributed by atoms with Gasteiger partial charge in [0.1, 0.15) is 11.3 Å². The van der Waals surface area contributed by atoms with Gasteiger partial charge in [-0.2, -0.15) is 0 Å². The molecule has 1 N–H and O–H groups in total. The van der Waals surface area contributed by atoms with Crippen LogP contribution in [0, 0.1) is 5.82 Å². The van der Waals surface area contributed by atoms with Gasteiger partial charge in [0.05, 0.1) is 10.4 Å². The lowest BCUT2D eigenvalue weighted by molar-refractivity contribution is 0.630.